The van der Waals surface area contributed by atoms with Gasteiger partial charge < -0.3 is 9.84 Å². The second-order valence-corrected chi connectivity index (χ2v) is 6.80. The summed E-state index contributed by atoms with van der Waals surface area (Å²) in [7, 11) is 0. The number of aromatic carboxylic acids is 1. The van der Waals surface area contributed by atoms with Gasteiger partial charge in [0.2, 0.25) is 0 Å². The van der Waals surface area contributed by atoms with E-state index in [0.717, 1.165) is 34.8 Å². The third-order valence-corrected chi connectivity index (χ3v) is 4.21. The molecule has 0 spiro atoms. The Kier molecular flexibility index (Phi) is 5.60. The minimum atomic E-state index is -0.932. The van der Waals surface area contributed by atoms with Crippen molar-refractivity contribution in [2.45, 2.75) is 27.3 Å². The lowest BCUT2D eigenvalue weighted by molar-refractivity contribution is 0.0697. The monoisotopic (exact) mass is 364 g/mol. The molecule has 0 atom stereocenters. The highest BCUT2D eigenvalue weighted by Crippen LogP contribution is 2.33. The van der Waals surface area contributed by atoms with Gasteiger partial charge in [-0.3, -0.25) is 4.68 Å². The highest BCUT2D eigenvalue weighted by atomic mass is 16.5. The normalized spacial score (nSPS) is 11.0. The van der Waals surface area contributed by atoms with Crippen LogP contribution in [0.15, 0.2) is 54.6 Å². The number of hydrogen-bond donors (Lipinski definition) is 1. The zero-order valence-corrected chi connectivity index (χ0v) is 15.8. The lowest BCUT2D eigenvalue weighted by Crippen LogP contribution is -2.08. The van der Waals surface area contributed by atoms with Crippen LogP contribution in [0, 0.1) is 5.92 Å². The van der Waals surface area contributed by atoms with E-state index in [9.17, 15) is 4.79 Å². The van der Waals surface area contributed by atoms with Crippen LogP contribution in [0.3, 0.4) is 0 Å². The molecule has 1 N–H and O–H groups in total. The van der Waals surface area contributed by atoms with Crippen LogP contribution >= 0.6 is 0 Å². The van der Waals surface area contributed by atoms with E-state index < -0.39 is 5.97 Å². The fraction of sp³-hybridized carbons (Fsp3) is 0.273. The van der Waals surface area contributed by atoms with E-state index in [1.807, 2.05) is 41.9 Å². The van der Waals surface area contributed by atoms with Crippen molar-refractivity contribution in [3.8, 4) is 28.3 Å². The molecule has 0 saturated heterocycles. The Labute approximate surface area is 159 Å². The summed E-state index contributed by atoms with van der Waals surface area (Å²) >= 11 is 0. The highest BCUT2D eigenvalue weighted by molar-refractivity contribution is 5.88. The van der Waals surface area contributed by atoms with Crippen LogP contribution in [0.25, 0.3) is 22.5 Å². The number of nitrogens with zero attached hydrogens (tertiary/aromatic N) is 2. The van der Waals surface area contributed by atoms with Gasteiger partial charge in [0.25, 0.3) is 0 Å². The van der Waals surface area contributed by atoms with Gasteiger partial charge in [0.05, 0.1) is 23.6 Å². The van der Waals surface area contributed by atoms with E-state index in [0.29, 0.717) is 12.5 Å². The predicted octanol–water partition coefficient (Wildman–Crippen LogP) is 4.97. The molecule has 0 amide bonds. The summed E-state index contributed by atoms with van der Waals surface area (Å²) in [5, 5.41) is 13.9. The minimum absolute atomic E-state index is 0.266. The van der Waals surface area contributed by atoms with Crippen LogP contribution in [0.4, 0.5) is 0 Å². The summed E-state index contributed by atoms with van der Waals surface area (Å²) in [6.07, 6.45) is 0. The van der Waals surface area contributed by atoms with Gasteiger partial charge in [-0.15, -0.1) is 0 Å². The van der Waals surface area contributed by atoms with E-state index in [-0.39, 0.29) is 5.56 Å². The molecule has 140 valence electrons. The fourth-order valence-corrected chi connectivity index (χ4v) is 3.00. The standard InChI is InChI=1S/C22H24N2O3/c1-4-27-21-8-6-5-7-18(21)20-13-19(23-24(20)14-15(2)3)16-9-11-17(12-10-16)22(25)26/h5-13,15H,4,14H2,1-3H3,(H,25,26). The molecule has 1 heterocycles. The molecule has 5 nitrogen and oxygen atoms in total. The van der Waals surface area contributed by atoms with E-state index in [2.05, 4.69) is 13.8 Å². The molecule has 0 aliphatic rings. The number of carboxylic acid groups (broad SMARTS) is 1. The van der Waals surface area contributed by atoms with Gasteiger partial charge in [-0.2, -0.15) is 5.10 Å². The maximum absolute atomic E-state index is 11.1. The molecular formula is C22H24N2O3. The van der Waals surface area contributed by atoms with Crippen LogP contribution in [-0.4, -0.2) is 27.5 Å². The van der Waals surface area contributed by atoms with Crippen LogP contribution in [0.5, 0.6) is 5.75 Å². The maximum atomic E-state index is 11.1. The fourth-order valence-electron chi connectivity index (χ4n) is 3.00. The number of ether oxygens (including phenoxy) is 1. The number of carboxylic acids is 1. The second-order valence-electron chi connectivity index (χ2n) is 6.80. The largest absolute Gasteiger partial charge is 0.493 e. The first kappa shape index (κ1) is 18.7. The molecule has 0 saturated carbocycles. The zero-order valence-electron chi connectivity index (χ0n) is 15.8. The Morgan fingerprint density at radius 3 is 2.48 bits per heavy atom. The van der Waals surface area contributed by atoms with Gasteiger partial charge in [0.15, 0.2) is 0 Å². The first-order valence-electron chi connectivity index (χ1n) is 9.13. The molecule has 3 aromatic rings. The predicted molar refractivity (Wildman–Crippen MR) is 106 cm³/mol. The molecular weight excluding hydrogens is 340 g/mol. The summed E-state index contributed by atoms with van der Waals surface area (Å²) in [5.41, 5.74) is 3.96. The second kappa shape index (κ2) is 8.08. The number of rotatable bonds is 7. The minimum Gasteiger partial charge on any atom is -0.493 e. The molecule has 0 fully saturated rings. The Morgan fingerprint density at radius 1 is 1.15 bits per heavy atom. The highest BCUT2D eigenvalue weighted by Gasteiger charge is 2.16. The van der Waals surface area contributed by atoms with Crippen LogP contribution in [0.1, 0.15) is 31.1 Å². The number of carbonyl (C=O) groups is 1. The van der Waals surface area contributed by atoms with Gasteiger partial charge in [0, 0.05) is 17.7 Å². The summed E-state index contributed by atoms with van der Waals surface area (Å²) in [6.45, 7) is 7.65. The van der Waals surface area contributed by atoms with Crippen molar-refractivity contribution in [1.29, 1.82) is 0 Å². The number of benzene rings is 2. The first-order valence-corrected chi connectivity index (χ1v) is 9.13. The molecule has 0 unspecified atom stereocenters. The van der Waals surface area contributed by atoms with Crippen molar-refractivity contribution < 1.29 is 14.6 Å². The summed E-state index contributed by atoms with van der Waals surface area (Å²) in [5.74, 6) is 0.334. The number of para-hydroxylation sites is 1. The van der Waals surface area contributed by atoms with Crippen LogP contribution < -0.4 is 4.74 Å². The van der Waals surface area contributed by atoms with Crippen LogP contribution in [0.2, 0.25) is 0 Å². The molecule has 1 aromatic heterocycles. The van der Waals surface area contributed by atoms with Gasteiger partial charge >= 0.3 is 5.97 Å². The van der Waals surface area contributed by atoms with Crippen molar-refractivity contribution in [3.05, 3.63) is 60.2 Å². The number of hydrogen-bond acceptors (Lipinski definition) is 3. The molecule has 0 radical (unpaired) electrons. The van der Waals surface area contributed by atoms with Gasteiger partial charge in [-0.25, -0.2) is 4.79 Å². The van der Waals surface area contributed by atoms with E-state index in [1.54, 1.807) is 24.3 Å². The van der Waals surface area contributed by atoms with Gasteiger partial charge in [-0.05, 0) is 43.2 Å². The van der Waals surface area contributed by atoms with E-state index in [4.69, 9.17) is 14.9 Å². The number of aromatic nitrogens is 2. The molecule has 5 heteroatoms. The Hall–Kier alpha value is -3.08. The Bertz CT molecular complexity index is 927. The SMILES string of the molecule is CCOc1ccccc1-c1cc(-c2ccc(C(=O)O)cc2)nn1CC(C)C. The smallest absolute Gasteiger partial charge is 0.335 e. The molecule has 2 aromatic carbocycles. The Balaban J connectivity index is 2.07. The molecule has 3 rings (SSSR count). The summed E-state index contributed by atoms with van der Waals surface area (Å²) in [6, 6.07) is 16.8. The average molecular weight is 364 g/mol. The molecule has 0 aliphatic carbocycles. The average Bonchev–Trinajstić information content (AvgIpc) is 3.05. The van der Waals surface area contributed by atoms with Crippen molar-refractivity contribution >= 4 is 5.97 Å². The molecule has 0 bridgehead atoms. The van der Waals surface area contributed by atoms with Gasteiger partial charge in [0.1, 0.15) is 5.75 Å². The molecule has 27 heavy (non-hydrogen) atoms. The topological polar surface area (TPSA) is 64.3 Å². The van der Waals surface area contributed by atoms with Gasteiger partial charge in [-0.1, -0.05) is 38.1 Å². The van der Waals surface area contributed by atoms with E-state index >= 15 is 0 Å². The maximum Gasteiger partial charge on any atom is 0.335 e. The van der Waals surface area contributed by atoms with Crippen molar-refractivity contribution in [2.75, 3.05) is 6.61 Å². The Morgan fingerprint density at radius 2 is 1.85 bits per heavy atom. The van der Waals surface area contributed by atoms with E-state index in [1.165, 1.54) is 0 Å². The summed E-state index contributed by atoms with van der Waals surface area (Å²) < 4.78 is 7.80. The first-order chi connectivity index (χ1) is 13.0. The lowest BCUT2D eigenvalue weighted by atomic mass is 10.1. The third kappa shape index (κ3) is 4.19. The quantitative estimate of drug-likeness (QED) is 0.643. The lowest BCUT2D eigenvalue weighted by Gasteiger charge is -2.13. The van der Waals surface area contributed by atoms with Crippen molar-refractivity contribution in [3.63, 3.8) is 0 Å². The van der Waals surface area contributed by atoms with Crippen LogP contribution in [-0.2, 0) is 6.54 Å². The van der Waals surface area contributed by atoms with Crippen molar-refractivity contribution in [2.24, 2.45) is 5.92 Å². The van der Waals surface area contributed by atoms with Crippen molar-refractivity contribution in [1.82, 2.24) is 9.78 Å². The third-order valence-electron chi connectivity index (χ3n) is 4.21. The zero-order chi connectivity index (χ0) is 19.4. The summed E-state index contributed by atoms with van der Waals surface area (Å²) in [4.78, 5) is 11.1. The molecule has 0 aliphatic heterocycles.